The van der Waals surface area contributed by atoms with Gasteiger partial charge in [0.2, 0.25) is 17.7 Å². The van der Waals surface area contributed by atoms with Gasteiger partial charge in [0.1, 0.15) is 5.75 Å². The molecular formula is C26H27N7O2. The van der Waals surface area contributed by atoms with Crippen molar-refractivity contribution in [3.63, 3.8) is 0 Å². The zero-order chi connectivity index (χ0) is 24.2. The molecule has 2 aromatic carbocycles. The van der Waals surface area contributed by atoms with Crippen molar-refractivity contribution in [1.82, 2.24) is 19.5 Å². The third kappa shape index (κ3) is 5.25. The van der Waals surface area contributed by atoms with Crippen LogP contribution in [0.25, 0.3) is 5.65 Å². The van der Waals surface area contributed by atoms with Gasteiger partial charge in [-0.05, 0) is 55.6 Å². The van der Waals surface area contributed by atoms with Crippen LogP contribution in [0.3, 0.4) is 0 Å². The number of carbonyl (C=O) groups is 1. The number of amides is 1. The minimum atomic E-state index is -0.284. The molecule has 1 fully saturated rings. The predicted octanol–water partition coefficient (Wildman–Crippen LogP) is 4.14. The average Bonchev–Trinajstić information content (AvgIpc) is 3.29. The zero-order valence-electron chi connectivity index (χ0n) is 19.5. The number of rotatable bonds is 7. The van der Waals surface area contributed by atoms with E-state index in [1.165, 1.54) is 11.8 Å². The lowest BCUT2D eigenvalue weighted by atomic mass is 10.2. The zero-order valence-corrected chi connectivity index (χ0v) is 19.5. The molecule has 0 bridgehead atoms. The largest absolute Gasteiger partial charge is 0.439 e. The fraction of sp³-hybridized carbons (Fsp3) is 0.192. The van der Waals surface area contributed by atoms with Crippen LogP contribution in [0.15, 0.2) is 79.4 Å². The molecule has 1 amide bonds. The number of hydrogen-bond acceptors (Lipinski definition) is 7. The number of hydrogen-bond donors (Lipinski definition) is 2. The molecule has 0 radical (unpaired) electrons. The summed E-state index contributed by atoms with van der Waals surface area (Å²) in [5.74, 6) is 1.25. The van der Waals surface area contributed by atoms with Crippen molar-refractivity contribution in [2.75, 3.05) is 48.8 Å². The maximum absolute atomic E-state index is 11.6. The van der Waals surface area contributed by atoms with Gasteiger partial charge in [-0.2, -0.15) is 9.50 Å². The van der Waals surface area contributed by atoms with Gasteiger partial charge >= 0.3 is 0 Å². The topological polar surface area (TPSA) is 87.0 Å². The van der Waals surface area contributed by atoms with Gasteiger partial charge in [0.25, 0.3) is 0 Å². The molecule has 9 nitrogen and oxygen atoms in total. The summed E-state index contributed by atoms with van der Waals surface area (Å²) >= 11 is 0. The highest BCUT2D eigenvalue weighted by molar-refractivity contribution is 5.98. The highest BCUT2D eigenvalue weighted by atomic mass is 16.5. The summed E-state index contributed by atoms with van der Waals surface area (Å²) in [6.45, 7) is 7.68. The minimum Gasteiger partial charge on any atom is -0.439 e. The first kappa shape index (κ1) is 22.4. The molecule has 2 aromatic heterocycles. The Morgan fingerprint density at radius 1 is 1.00 bits per heavy atom. The predicted molar refractivity (Wildman–Crippen MR) is 138 cm³/mol. The fourth-order valence-electron chi connectivity index (χ4n) is 3.91. The van der Waals surface area contributed by atoms with E-state index in [4.69, 9.17) is 4.74 Å². The van der Waals surface area contributed by atoms with Crippen LogP contribution in [0.2, 0.25) is 0 Å². The molecule has 0 spiro atoms. The van der Waals surface area contributed by atoms with Gasteiger partial charge in [-0.3, -0.25) is 4.79 Å². The monoisotopic (exact) mass is 469 g/mol. The molecule has 0 saturated carbocycles. The fourth-order valence-corrected chi connectivity index (χ4v) is 3.91. The molecule has 1 aliphatic rings. The smallest absolute Gasteiger partial charge is 0.247 e. The van der Waals surface area contributed by atoms with Crippen molar-refractivity contribution in [2.45, 2.75) is 0 Å². The molecule has 35 heavy (non-hydrogen) atoms. The Balaban J connectivity index is 1.30. The van der Waals surface area contributed by atoms with E-state index in [1.54, 1.807) is 28.8 Å². The second-order valence-electron chi connectivity index (χ2n) is 8.35. The lowest BCUT2D eigenvalue weighted by molar-refractivity contribution is -0.111. The van der Waals surface area contributed by atoms with Gasteiger partial charge in [0.15, 0.2) is 5.65 Å². The molecule has 178 valence electrons. The van der Waals surface area contributed by atoms with Gasteiger partial charge in [-0.25, -0.2) is 0 Å². The number of anilines is 4. The Bertz CT molecular complexity index is 1340. The Hall–Kier alpha value is -4.37. The first-order valence-corrected chi connectivity index (χ1v) is 11.4. The lowest BCUT2D eigenvalue weighted by Gasteiger charge is -2.34. The maximum atomic E-state index is 11.6. The summed E-state index contributed by atoms with van der Waals surface area (Å²) in [7, 11) is 2.16. The van der Waals surface area contributed by atoms with Gasteiger partial charge in [-0.1, -0.05) is 18.7 Å². The molecule has 1 aliphatic heterocycles. The quantitative estimate of drug-likeness (QED) is 0.393. The standard InChI is InChI=1S/C26H27N7O2/c1-3-24(34)27-20-6-4-7-22(18-20)35-25-9-5-8-23-29-26(30-33(23)25)28-19-10-12-21(13-11-19)32-16-14-31(2)15-17-32/h3-13,18H,1,14-17H2,2H3,(H,27,34)(H,28,30). The molecule has 4 aromatic rings. The molecule has 2 N–H and O–H groups in total. The number of ether oxygens (including phenoxy) is 1. The summed E-state index contributed by atoms with van der Waals surface area (Å²) in [6.07, 6.45) is 1.22. The van der Waals surface area contributed by atoms with Gasteiger partial charge < -0.3 is 25.2 Å². The summed E-state index contributed by atoms with van der Waals surface area (Å²) in [5.41, 5.74) is 3.39. The Morgan fingerprint density at radius 2 is 1.77 bits per heavy atom. The number of piperazine rings is 1. The van der Waals surface area contributed by atoms with Crippen LogP contribution < -0.4 is 20.3 Å². The SMILES string of the molecule is C=CC(=O)Nc1cccc(Oc2cccc3nc(Nc4ccc(N5CCN(C)CC5)cc4)nn23)c1. The van der Waals surface area contributed by atoms with E-state index >= 15 is 0 Å². The molecule has 0 aliphatic carbocycles. The number of nitrogens with one attached hydrogen (secondary N) is 2. The van der Waals surface area contributed by atoms with Crippen LogP contribution in [0.5, 0.6) is 11.6 Å². The third-order valence-corrected chi connectivity index (χ3v) is 5.83. The van der Waals surface area contributed by atoms with E-state index in [2.05, 4.69) is 56.3 Å². The van der Waals surface area contributed by atoms with Crippen molar-refractivity contribution in [3.8, 4) is 11.6 Å². The van der Waals surface area contributed by atoms with Crippen LogP contribution >= 0.6 is 0 Å². The molecule has 0 unspecified atom stereocenters. The van der Waals surface area contributed by atoms with Gasteiger partial charge in [0, 0.05) is 55.4 Å². The molecule has 0 atom stereocenters. The van der Waals surface area contributed by atoms with Crippen molar-refractivity contribution in [3.05, 3.63) is 79.4 Å². The van der Waals surface area contributed by atoms with Gasteiger partial charge in [-0.15, -0.1) is 5.10 Å². The molecule has 5 rings (SSSR count). The summed E-state index contributed by atoms with van der Waals surface area (Å²) < 4.78 is 7.68. The molecular weight excluding hydrogens is 442 g/mol. The first-order valence-electron chi connectivity index (χ1n) is 11.4. The number of aromatic nitrogens is 3. The van der Waals surface area contributed by atoms with Crippen molar-refractivity contribution in [1.29, 1.82) is 0 Å². The normalized spacial score (nSPS) is 14.0. The summed E-state index contributed by atoms with van der Waals surface area (Å²) in [4.78, 5) is 20.9. The van der Waals surface area contributed by atoms with E-state index in [0.717, 1.165) is 31.9 Å². The highest BCUT2D eigenvalue weighted by Crippen LogP contribution is 2.26. The van der Waals surface area contributed by atoms with Crippen LogP contribution in [0, 0.1) is 0 Å². The Labute approximate surface area is 203 Å². The van der Waals surface area contributed by atoms with E-state index in [9.17, 15) is 4.79 Å². The Morgan fingerprint density at radius 3 is 2.54 bits per heavy atom. The number of carbonyl (C=O) groups excluding carboxylic acids is 1. The van der Waals surface area contributed by atoms with Crippen molar-refractivity contribution < 1.29 is 9.53 Å². The first-order chi connectivity index (χ1) is 17.1. The second kappa shape index (κ2) is 9.86. The molecule has 9 heteroatoms. The van der Waals surface area contributed by atoms with Crippen LogP contribution in [-0.4, -0.2) is 58.6 Å². The van der Waals surface area contributed by atoms with Crippen LogP contribution in [-0.2, 0) is 4.79 Å². The van der Waals surface area contributed by atoms with Crippen molar-refractivity contribution >= 4 is 34.6 Å². The Kier molecular flexibility index (Phi) is 6.32. The second-order valence-corrected chi connectivity index (χ2v) is 8.35. The molecule has 3 heterocycles. The van der Waals surface area contributed by atoms with E-state index in [0.29, 0.717) is 28.9 Å². The number of nitrogens with zero attached hydrogens (tertiary/aromatic N) is 5. The minimum absolute atomic E-state index is 0.284. The van der Waals surface area contributed by atoms with E-state index in [1.807, 2.05) is 30.3 Å². The average molecular weight is 470 g/mol. The number of pyridine rings is 1. The number of likely N-dealkylation sites (N-methyl/N-ethyl adjacent to an activating group) is 1. The lowest BCUT2D eigenvalue weighted by Crippen LogP contribution is -2.44. The van der Waals surface area contributed by atoms with E-state index < -0.39 is 0 Å². The molecule has 1 saturated heterocycles. The van der Waals surface area contributed by atoms with Crippen molar-refractivity contribution in [2.24, 2.45) is 0 Å². The van der Waals surface area contributed by atoms with E-state index in [-0.39, 0.29) is 5.91 Å². The summed E-state index contributed by atoms with van der Waals surface area (Å²) in [6, 6.07) is 21.0. The van der Waals surface area contributed by atoms with Gasteiger partial charge in [0.05, 0.1) is 0 Å². The third-order valence-electron chi connectivity index (χ3n) is 5.83. The highest BCUT2D eigenvalue weighted by Gasteiger charge is 2.14. The maximum Gasteiger partial charge on any atom is 0.247 e. The number of benzene rings is 2. The number of fused-ring (bicyclic) bond motifs is 1. The van der Waals surface area contributed by atoms with Crippen LogP contribution in [0.1, 0.15) is 0 Å². The summed E-state index contributed by atoms with van der Waals surface area (Å²) in [5, 5.41) is 10.6. The van der Waals surface area contributed by atoms with Crippen LogP contribution in [0.4, 0.5) is 23.0 Å².